The van der Waals surface area contributed by atoms with E-state index in [4.69, 9.17) is 16.6 Å². The number of hydrogen-bond acceptors (Lipinski definition) is 3. The predicted molar refractivity (Wildman–Crippen MR) is 115 cm³/mol. The summed E-state index contributed by atoms with van der Waals surface area (Å²) >= 11 is 5.77. The van der Waals surface area contributed by atoms with E-state index in [0.29, 0.717) is 24.5 Å². The molecular weight excluding hydrogens is 405 g/mol. The molecule has 4 rings (SSSR count). The third-order valence-electron chi connectivity index (χ3n) is 5.90. The number of halogens is 2. The number of amides is 2. The first kappa shape index (κ1) is 20.5. The van der Waals surface area contributed by atoms with Crippen LogP contribution in [0.1, 0.15) is 38.2 Å². The molecule has 1 saturated carbocycles. The van der Waals surface area contributed by atoms with E-state index in [9.17, 15) is 14.0 Å². The standard InChI is InChI=1S/C23H23ClFN3O2/c1-15-9-11-23(12-10-15)27-21(16-5-3-2-4-6-16)22(30)28(23)14-20(29)26-19-8-7-17(24)13-18(19)25/h2-8,13,15H,9-12,14H2,1H3,(H,26,29). The van der Waals surface area contributed by atoms with Crippen LogP contribution in [-0.4, -0.2) is 34.6 Å². The molecule has 1 aliphatic heterocycles. The fourth-order valence-electron chi connectivity index (χ4n) is 4.17. The lowest BCUT2D eigenvalue weighted by atomic mass is 9.82. The van der Waals surface area contributed by atoms with Crippen LogP contribution >= 0.6 is 11.6 Å². The van der Waals surface area contributed by atoms with Crippen molar-refractivity contribution in [3.63, 3.8) is 0 Å². The van der Waals surface area contributed by atoms with Gasteiger partial charge in [-0.25, -0.2) is 4.39 Å². The maximum atomic E-state index is 14.1. The van der Waals surface area contributed by atoms with Crippen molar-refractivity contribution in [2.24, 2.45) is 10.9 Å². The summed E-state index contributed by atoms with van der Waals surface area (Å²) in [4.78, 5) is 32.4. The quantitative estimate of drug-likeness (QED) is 0.771. The summed E-state index contributed by atoms with van der Waals surface area (Å²) < 4.78 is 14.1. The van der Waals surface area contributed by atoms with Crippen LogP contribution in [0.4, 0.5) is 10.1 Å². The minimum absolute atomic E-state index is 0.0339. The normalized spacial score (nSPS) is 23.6. The van der Waals surface area contributed by atoms with E-state index in [1.54, 1.807) is 4.90 Å². The second-order valence-electron chi connectivity index (χ2n) is 8.06. The van der Waals surface area contributed by atoms with Crippen LogP contribution in [0.25, 0.3) is 0 Å². The van der Waals surface area contributed by atoms with Crippen LogP contribution in [0, 0.1) is 11.7 Å². The van der Waals surface area contributed by atoms with Crippen LogP contribution in [0.2, 0.25) is 5.02 Å². The molecule has 0 aromatic heterocycles. The fraction of sp³-hybridized carbons (Fsp3) is 0.348. The molecule has 1 spiro atoms. The molecule has 0 radical (unpaired) electrons. The summed E-state index contributed by atoms with van der Waals surface area (Å²) in [7, 11) is 0. The van der Waals surface area contributed by atoms with E-state index in [1.807, 2.05) is 30.3 Å². The third kappa shape index (κ3) is 3.97. The highest BCUT2D eigenvalue weighted by atomic mass is 35.5. The minimum atomic E-state index is -0.718. The number of hydrogen-bond donors (Lipinski definition) is 1. The summed E-state index contributed by atoms with van der Waals surface area (Å²) in [6.45, 7) is 2.00. The second kappa shape index (κ2) is 8.19. The van der Waals surface area contributed by atoms with Gasteiger partial charge in [-0.05, 0) is 49.8 Å². The van der Waals surface area contributed by atoms with Crippen LogP contribution in [0.5, 0.6) is 0 Å². The zero-order chi connectivity index (χ0) is 21.3. The third-order valence-corrected chi connectivity index (χ3v) is 6.13. The lowest BCUT2D eigenvalue weighted by Crippen LogP contribution is -2.51. The van der Waals surface area contributed by atoms with Crippen molar-refractivity contribution < 1.29 is 14.0 Å². The highest BCUT2D eigenvalue weighted by molar-refractivity contribution is 6.47. The number of nitrogens with one attached hydrogen (secondary N) is 1. The van der Waals surface area contributed by atoms with Gasteiger partial charge < -0.3 is 10.2 Å². The number of anilines is 1. The van der Waals surface area contributed by atoms with Crippen molar-refractivity contribution in [2.45, 2.75) is 38.3 Å². The van der Waals surface area contributed by atoms with Crippen molar-refractivity contribution in [3.8, 4) is 0 Å². The Morgan fingerprint density at radius 2 is 1.93 bits per heavy atom. The molecule has 1 aliphatic carbocycles. The van der Waals surface area contributed by atoms with Gasteiger partial charge in [0.25, 0.3) is 5.91 Å². The SMILES string of the molecule is CC1CCC2(CC1)N=C(c1ccccc1)C(=O)N2CC(=O)Nc1ccc(Cl)cc1F. The number of rotatable bonds is 4. The number of aliphatic imine (C=N–C) groups is 1. The molecule has 1 N–H and O–H groups in total. The molecule has 5 nitrogen and oxygen atoms in total. The summed E-state index contributed by atoms with van der Waals surface area (Å²) in [6, 6.07) is 13.4. The van der Waals surface area contributed by atoms with Crippen molar-refractivity contribution in [2.75, 3.05) is 11.9 Å². The molecule has 156 valence electrons. The van der Waals surface area contributed by atoms with Crippen molar-refractivity contribution >= 4 is 34.8 Å². The molecule has 2 aliphatic rings. The van der Waals surface area contributed by atoms with E-state index in [1.165, 1.54) is 12.1 Å². The zero-order valence-corrected chi connectivity index (χ0v) is 17.5. The molecule has 0 unspecified atom stereocenters. The van der Waals surface area contributed by atoms with Crippen LogP contribution < -0.4 is 5.32 Å². The first-order chi connectivity index (χ1) is 14.4. The average molecular weight is 428 g/mol. The van der Waals surface area contributed by atoms with E-state index in [2.05, 4.69) is 12.2 Å². The molecule has 2 aromatic rings. The highest BCUT2D eigenvalue weighted by Gasteiger charge is 2.49. The number of carbonyl (C=O) groups is 2. The largest absolute Gasteiger partial charge is 0.322 e. The van der Waals surface area contributed by atoms with Crippen molar-refractivity contribution in [3.05, 3.63) is 64.9 Å². The number of carbonyl (C=O) groups excluding carboxylic acids is 2. The number of nitrogens with zero attached hydrogens (tertiary/aromatic N) is 2. The van der Waals surface area contributed by atoms with E-state index < -0.39 is 17.4 Å². The Morgan fingerprint density at radius 1 is 1.23 bits per heavy atom. The summed E-state index contributed by atoms with van der Waals surface area (Å²) in [6.07, 6.45) is 3.28. The van der Waals surface area contributed by atoms with Gasteiger partial charge in [0.1, 0.15) is 23.7 Å². The van der Waals surface area contributed by atoms with E-state index >= 15 is 0 Å². The van der Waals surface area contributed by atoms with Crippen LogP contribution in [-0.2, 0) is 9.59 Å². The zero-order valence-electron chi connectivity index (χ0n) is 16.7. The lowest BCUT2D eigenvalue weighted by molar-refractivity contribution is -0.134. The lowest BCUT2D eigenvalue weighted by Gasteiger charge is -2.40. The first-order valence-corrected chi connectivity index (χ1v) is 10.5. The Morgan fingerprint density at radius 3 is 2.60 bits per heavy atom. The summed E-state index contributed by atoms with van der Waals surface area (Å²) in [5.74, 6) is -0.791. The van der Waals surface area contributed by atoms with Crippen LogP contribution in [0.3, 0.4) is 0 Å². The second-order valence-corrected chi connectivity index (χ2v) is 8.49. The van der Waals surface area contributed by atoms with Gasteiger partial charge in [0, 0.05) is 10.6 Å². The smallest absolute Gasteiger partial charge is 0.275 e. The molecule has 0 bridgehead atoms. The molecule has 30 heavy (non-hydrogen) atoms. The van der Waals surface area contributed by atoms with Crippen molar-refractivity contribution in [1.29, 1.82) is 0 Å². The van der Waals surface area contributed by atoms with Gasteiger partial charge >= 0.3 is 0 Å². The van der Waals surface area contributed by atoms with Gasteiger partial charge in [-0.2, -0.15) is 0 Å². The molecular formula is C23H23ClFN3O2. The number of benzene rings is 2. The minimum Gasteiger partial charge on any atom is -0.322 e. The highest BCUT2D eigenvalue weighted by Crippen LogP contribution is 2.41. The molecule has 0 atom stereocenters. The van der Waals surface area contributed by atoms with Gasteiger partial charge in [-0.3, -0.25) is 14.6 Å². The predicted octanol–water partition coefficient (Wildman–Crippen LogP) is 4.66. The summed E-state index contributed by atoms with van der Waals surface area (Å²) in [5.41, 5.74) is 0.444. The molecule has 1 fully saturated rings. The van der Waals surface area contributed by atoms with Gasteiger partial charge in [-0.15, -0.1) is 0 Å². The Balaban J connectivity index is 1.59. The first-order valence-electron chi connectivity index (χ1n) is 10.1. The van der Waals surface area contributed by atoms with Gasteiger partial charge in [0.2, 0.25) is 5.91 Å². The Hall–Kier alpha value is -2.73. The maximum Gasteiger partial charge on any atom is 0.275 e. The molecule has 2 aromatic carbocycles. The van der Waals surface area contributed by atoms with Gasteiger partial charge in [-0.1, -0.05) is 48.9 Å². The Labute approximate surface area is 179 Å². The Kier molecular flexibility index (Phi) is 5.60. The maximum absolute atomic E-state index is 14.1. The monoisotopic (exact) mass is 427 g/mol. The van der Waals surface area contributed by atoms with Crippen molar-refractivity contribution in [1.82, 2.24) is 4.90 Å². The van der Waals surface area contributed by atoms with Crippen LogP contribution in [0.15, 0.2) is 53.5 Å². The van der Waals surface area contributed by atoms with Gasteiger partial charge in [0.05, 0.1) is 5.69 Å². The van der Waals surface area contributed by atoms with Gasteiger partial charge in [0.15, 0.2) is 0 Å². The molecule has 2 amide bonds. The Bertz CT molecular complexity index is 1000. The fourth-order valence-corrected chi connectivity index (χ4v) is 4.33. The van der Waals surface area contributed by atoms with E-state index in [-0.39, 0.29) is 23.2 Å². The molecule has 1 heterocycles. The summed E-state index contributed by atoms with van der Waals surface area (Å²) in [5, 5.41) is 2.80. The molecule has 0 saturated heterocycles. The topological polar surface area (TPSA) is 61.8 Å². The average Bonchev–Trinajstić information content (AvgIpc) is 2.99. The molecule has 7 heteroatoms. The van der Waals surface area contributed by atoms with E-state index in [0.717, 1.165) is 24.5 Å².